The molecule has 4 atom stereocenters. The van der Waals surface area contributed by atoms with Crippen LogP contribution in [0.25, 0.3) is 11.4 Å². The molecule has 3 rings (SSSR count). The maximum absolute atomic E-state index is 14.1. The number of hydrogen-bond donors (Lipinski definition) is 3. The fraction of sp³-hybridized carbons (Fsp3) is 0.565. The van der Waals surface area contributed by atoms with Crippen LogP contribution >= 0.6 is 0 Å². The molecule has 2 aromatic rings. The van der Waals surface area contributed by atoms with Gasteiger partial charge in [-0.25, -0.2) is 14.4 Å². The van der Waals surface area contributed by atoms with Crippen molar-refractivity contribution in [1.82, 2.24) is 15.3 Å². The van der Waals surface area contributed by atoms with Gasteiger partial charge in [-0.2, -0.15) is 0 Å². The van der Waals surface area contributed by atoms with Crippen molar-refractivity contribution < 1.29 is 14.6 Å². The average Bonchev–Trinajstić information content (AvgIpc) is 2.95. The van der Waals surface area contributed by atoms with Gasteiger partial charge in [0.2, 0.25) is 0 Å². The molecular formula is C23H32FN3O2. The highest BCUT2D eigenvalue weighted by Gasteiger charge is 2.42. The van der Waals surface area contributed by atoms with Crippen molar-refractivity contribution in [2.45, 2.75) is 52.2 Å². The number of nitrogens with zero attached hydrogens (tertiary/aromatic N) is 2. The molecule has 0 spiro atoms. The molecule has 29 heavy (non-hydrogen) atoms. The Balaban J connectivity index is 1.76. The number of benzene rings is 1. The second-order valence-corrected chi connectivity index (χ2v) is 9.24. The van der Waals surface area contributed by atoms with Crippen molar-refractivity contribution in [1.29, 1.82) is 0 Å². The van der Waals surface area contributed by atoms with Crippen molar-refractivity contribution >= 4 is 0 Å². The van der Waals surface area contributed by atoms with E-state index in [1.165, 1.54) is 6.07 Å². The molecule has 5 nitrogen and oxygen atoms in total. The summed E-state index contributed by atoms with van der Waals surface area (Å²) < 4.78 is 14.1. The molecule has 1 saturated carbocycles. The Hall–Kier alpha value is -1.89. The highest BCUT2D eigenvalue weighted by Crippen LogP contribution is 2.35. The smallest absolute Gasteiger partial charge is 0.162 e. The highest BCUT2D eigenvalue weighted by molar-refractivity contribution is 5.55. The molecule has 6 heteroatoms. The van der Waals surface area contributed by atoms with Crippen molar-refractivity contribution in [2.24, 2.45) is 17.3 Å². The first-order valence-electron chi connectivity index (χ1n) is 10.4. The highest BCUT2D eigenvalue weighted by atomic mass is 19.1. The van der Waals surface area contributed by atoms with Gasteiger partial charge in [0.05, 0.1) is 11.7 Å². The van der Waals surface area contributed by atoms with E-state index in [-0.39, 0.29) is 35.7 Å². The standard InChI is InChI=1S/C23H32FN3O2/c1-23(2,3)9-11-25-20-13-21(29)18(14-28)17(20)12-15-8-10-26-22(27-15)16-6-4-5-7-19(16)24/h4-8,10,17-18,20-21,25,28-29H,9,11-14H2,1-3H3. The zero-order valence-corrected chi connectivity index (χ0v) is 17.5. The summed E-state index contributed by atoms with van der Waals surface area (Å²) in [5.41, 5.74) is 1.40. The Kier molecular flexibility index (Phi) is 6.98. The molecule has 1 aliphatic rings. The van der Waals surface area contributed by atoms with Crippen LogP contribution in [0.15, 0.2) is 36.5 Å². The number of aromatic nitrogens is 2. The largest absolute Gasteiger partial charge is 0.396 e. The molecule has 0 radical (unpaired) electrons. The van der Waals surface area contributed by atoms with E-state index in [0.717, 1.165) is 18.7 Å². The van der Waals surface area contributed by atoms with Gasteiger partial charge in [0.1, 0.15) is 5.82 Å². The van der Waals surface area contributed by atoms with Crippen LogP contribution < -0.4 is 5.32 Å². The van der Waals surface area contributed by atoms with Crippen LogP contribution in [-0.4, -0.2) is 45.5 Å². The quantitative estimate of drug-likeness (QED) is 0.664. The Morgan fingerprint density at radius 2 is 1.93 bits per heavy atom. The minimum Gasteiger partial charge on any atom is -0.396 e. The van der Waals surface area contributed by atoms with Gasteiger partial charge in [0.25, 0.3) is 0 Å². The summed E-state index contributed by atoms with van der Waals surface area (Å²) in [5, 5.41) is 23.9. The summed E-state index contributed by atoms with van der Waals surface area (Å²) in [7, 11) is 0. The molecule has 0 bridgehead atoms. The zero-order chi connectivity index (χ0) is 21.0. The molecule has 1 aromatic carbocycles. The number of aliphatic hydroxyl groups is 2. The summed E-state index contributed by atoms with van der Waals surface area (Å²) in [6.45, 7) is 7.42. The Morgan fingerprint density at radius 1 is 1.17 bits per heavy atom. The first-order valence-corrected chi connectivity index (χ1v) is 10.4. The van der Waals surface area contributed by atoms with Gasteiger partial charge in [-0.05, 0) is 55.3 Å². The van der Waals surface area contributed by atoms with E-state index in [2.05, 4.69) is 36.1 Å². The number of rotatable bonds is 7. The van der Waals surface area contributed by atoms with E-state index < -0.39 is 6.10 Å². The maximum Gasteiger partial charge on any atom is 0.162 e. The van der Waals surface area contributed by atoms with Gasteiger partial charge in [0.15, 0.2) is 5.82 Å². The number of nitrogens with one attached hydrogen (secondary N) is 1. The van der Waals surface area contributed by atoms with E-state index in [0.29, 0.717) is 24.2 Å². The zero-order valence-electron chi connectivity index (χ0n) is 17.5. The van der Waals surface area contributed by atoms with Crippen LogP contribution in [0.4, 0.5) is 4.39 Å². The third-order valence-electron chi connectivity index (χ3n) is 5.82. The summed E-state index contributed by atoms with van der Waals surface area (Å²) >= 11 is 0. The number of halogens is 1. The van der Waals surface area contributed by atoms with Gasteiger partial charge in [-0.1, -0.05) is 32.9 Å². The molecule has 3 N–H and O–H groups in total. The lowest BCUT2D eigenvalue weighted by molar-refractivity contribution is 0.0716. The van der Waals surface area contributed by atoms with Gasteiger partial charge in [0, 0.05) is 30.5 Å². The first kappa shape index (κ1) is 21.8. The molecule has 1 aromatic heterocycles. The van der Waals surface area contributed by atoms with E-state index in [1.807, 2.05) is 6.07 Å². The van der Waals surface area contributed by atoms with Crippen molar-refractivity contribution in [3.05, 3.63) is 48.0 Å². The van der Waals surface area contributed by atoms with Gasteiger partial charge < -0.3 is 15.5 Å². The Bertz CT molecular complexity index is 809. The van der Waals surface area contributed by atoms with Crippen LogP contribution in [0.5, 0.6) is 0 Å². The Labute approximate surface area is 172 Å². The van der Waals surface area contributed by atoms with Crippen LogP contribution in [0.2, 0.25) is 0 Å². The second-order valence-electron chi connectivity index (χ2n) is 9.24. The molecule has 0 aliphatic heterocycles. The van der Waals surface area contributed by atoms with Gasteiger partial charge in [-0.3, -0.25) is 0 Å². The summed E-state index contributed by atoms with van der Waals surface area (Å²) in [6.07, 6.45) is 3.35. The van der Waals surface area contributed by atoms with Crippen LogP contribution in [0, 0.1) is 23.1 Å². The number of aliphatic hydroxyl groups excluding tert-OH is 2. The lowest BCUT2D eigenvalue weighted by Gasteiger charge is -2.26. The molecule has 158 valence electrons. The van der Waals surface area contributed by atoms with Crippen molar-refractivity contribution in [2.75, 3.05) is 13.2 Å². The number of hydrogen-bond acceptors (Lipinski definition) is 5. The minimum atomic E-state index is -0.537. The molecule has 0 amide bonds. The monoisotopic (exact) mass is 401 g/mol. The predicted octanol–water partition coefficient (Wildman–Crippen LogP) is 3.21. The molecule has 0 saturated heterocycles. The van der Waals surface area contributed by atoms with Crippen LogP contribution in [0.1, 0.15) is 39.3 Å². The van der Waals surface area contributed by atoms with E-state index in [4.69, 9.17) is 0 Å². The Morgan fingerprint density at radius 3 is 2.62 bits per heavy atom. The molecular weight excluding hydrogens is 369 g/mol. The maximum atomic E-state index is 14.1. The average molecular weight is 402 g/mol. The fourth-order valence-electron chi connectivity index (χ4n) is 4.14. The molecule has 4 unspecified atom stereocenters. The van der Waals surface area contributed by atoms with Gasteiger partial charge in [-0.15, -0.1) is 0 Å². The molecule has 1 heterocycles. The lowest BCUT2D eigenvalue weighted by atomic mass is 9.88. The van der Waals surface area contributed by atoms with E-state index in [1.54, 1.807) is 24.4 Å². The summed E-state index contributed by atoms with van der Waals surface area (Å²) in [6, 6.07) is 8.41. The van der Waals surface area contributed by atoms with Crippen LogP contribution in [-0.2, 0) is 6.42 Å². The van der Waals surface area contributed by atoms with Crippen LogP contribution in [0.3, 0.4) is 0 Å². The molecule has 1 fully saturated rings. The van der Waals surface area contributed by atoms with Gasteiger partial charge >= 0.3 is 0 Å². The third-order valence-corrected chi connectivity index (χ3v) is 5.82. The topological polar surface area (TPSA) is 78.3 Å². The van der Waals surface area contributed by atoms with E-state index >= 15 is 0 Å². The van der Waals surface area contributed by atoms with Crippen molar-refractivity contribution in [3.63, 3.8) is 0 Å². The minimum absolute atomic E-state index is 0.0540. The molecule has 1 aliphatic carbocycles. The summed E-state index contributed by atoms with van der Waals surface area (Å²) in [5.74, 6) is -0.139. The fourth-order valence-corrected chi connectivity index (χ4v) is 4.14. The second kappa shape index (κ2) is 9.28. The normalized spacial score (nSPS) is 24.8. The first-order chi connectivity index (χ1) is 13.8. The third kappa shape index (κ3) is 5.59. The van der Waals surface area contributed by atoms with E-state index in [9.17, 15) is 14.6 Å². The lowest BCUT2D eigenvalue weighted by Crippen LogP contribution is -2.37. The summed E-state index contributed by atoms with van der Waals surface area (Å²) in [4.78, 5) is 8.80. The van der Waals surface area contributed by atoms with Crippen molar-refractivity contribution in [3.8, 4) is 11.4 Å². The predicted molar refractivity (Wildman–Crippen MR) is 112 cm³/mol. The SMILES string of the molecule is CC(C)(C)CCNC1CC(O)C(CO)C1Cc1ccnc(-c2ccccc2F)n1.